The molecular formula is C23H29F2N3O2. The van der Waals surface area contributed by atoms with Crippen molar-refractivity contribution in [2.45, 2.75) is 52.3 Å². The van der Waals surface area contributed by atoms with Crippen LogP contribution in [0.25, 0.3) is 0 Å². The predicted octanol–water partition coefficient (Wildman–Crippen LogP) is 4.07. The van der Waals surface area contributed by atoms with Crippen LogP contribution in [0, 0.1) is 17.6 Å². The van der Waals surface area contributed by atoms with Gasteiger partial charge in [0.25, 0.3) is 0 Å². The molecule has 1 fully saturated rings. The monoisotopic (exact) mass is 417 g/mol. The van der Waals surface area contributed by atoms with Gasteiger partial charge in [0.1, 0.15) is 6.10 Å². The molecule has 0 unspecified atom stereocenters. The second kappa shape index (κ2) is 10.5. The van der Waals surface area contributed by atoms with Gasteiger partial charge in [-0.05, 0) is 30.4 Å². The number of nitrogens with zero attached hydrogens (tertiary/aromatic N) is 2. The number of hydrogen-bond donors (Lipinski definition) is 1. The van der Waals surface area contributed by atoms with Gasteiger partial charge in [-0.3, -0.25) is 9.69 Å². The van der Waals surface area contributed by atoms with Gasteiger partial charge in [0.2, 0.25) is 11.8 Å². The van der Waals surface area contributed by atoms with Crippen LogP contribution in [0.5, 0.6) is 5.88 Å². The summed E-state index contributed by atoms with van der Waals surface area (Å²) in [4.78, 5) is 18.2. The first kappa shape index (κ1) is 22.2. The standard InChI is InChI=1S/C23H29F2N3O2/c1-16(2)12-21(29)26-13-17-6-7-22(27-14-17)30-19-8-10-28(11-9-19)15-18-4-3-5-20(24)23(18)25/h3-7,14,16,19H,8-13,15H2,1-2H3,(H,26,29). The van der Waals surface area contributed by atoms with E-state index in [1.165, 1.54) is 6.07 Å². The Morgan fingerprint density at radius 3 is 2.67 bits per heavy atom. The number of ether oxygens (including phenoxy) is 1. The molecule has 1 saturated heterocycles. The molecule has 0 bridgehead atoms. The van der Waals surface area contributed by atoms with E-state index in [2.05, 4.69) is 15.2 Å². The van der Waals surface area contributed by atoms with Crippen molar-refractivity contribution in [1.29, 1.82) is 0 Å². The van der Waals surface area contributed by atoms with Crippen LogP contribution in [0.15, 0.2) is 36.5 Å². The molecule has 1 N–H and O–H groups in total. The van der Waals surface area contributed by atoms with Crippen molar-refractivity contribution in [1.82, 2.24) is 15.2 Å². The summed E-state index contributed by atoms with van der Waals surface area (Å²) < 4.78 is 33.2. The first-order valence-corrected chi connectivity index (χ1v) is 10.4. The predicted molar refractivity (Wildman–Crippen MR) is 111 cm³/mol. The zero-order valence-electron chi connectivity index (χ0n) is 17.5. The van der Waals surface area contributed by atoms with Gasteiger partial charge >= 0.3 is 0 Å². The highest BCUT2D eigenvalue weighted by atomic mass is 19.2. The topological polar surface area (TPSA) is 54.5 Å². The number of carbonyl (C=O) groups is 1. The summed E-state index contributed by atoms with van der Waals surface area (Å²) in [6.45, 7) is 6.37. The Bertz CT molecular complexity index is 835. The van der Waals surface area contributed by atoms with Crippen LogP contribution < -0.4 is 10.1 Å². The minimum atomic E-state index is -0.806. The lowest BCUT2D eigenvalue weighted by Crippen LogP contribution is -2.38. The molecule has 2 aromatic rings. The van der Waals surface area contributed by atoms with Crippen molar-refractivity contribution >= 4 is 5.91 Å². The molecule has 162 valence electrons. The van der Waals surface area contributed by atoms with Crippen molar-refractivity contribution in [3.8, 4) is 5.88 Å². The minimum Gasteiger partial charge on any atom is -0.474 e. The Balaban J connectivity index is 1.42. The Labute approximate surface area is 176 Å². The number of pyridine rings is 1. The highest BCUT2D eigenvalue weighted by molar-refractivity contribution is 5.76. The van der Waals surface area contributed by atoms with E-state index in [4.69, 9.17) is 4.74 Å². The zero-order chi connectivity index (χ0) is 21.5. The van der Waals surface area contributed by atoms with E-state index in [1.54, 1.807) is 12.3 Å². The maximum absolute atomic E-state index is 13.9. The smallest absolute Gasteiger partial charge is 0.220 e. The van der Waals surface area contributed by atoms with Crippen molar-refractivity contribution in [2.24, 2.45) is 5.92 Å². The molecule has 1 aromatic heterocycles. The van der Waals surface area contributed by atoms with Gasteiger partial charge in [-0.25, -0.2) is 13.8 Å². The number of carbonyl (C=O) groups excluding carboxylic acids is 1. The molecule has 1 amide bonds. The number of aromatic nitrogens is 1. The lowest BCUT2D eigenvalue weighted by molar-refractivity contribution is -0.121. The second-order valence-electron chi connectivity index (χ2n) is 8.19. The fourth-order valence-electron chi connectivity index (χ4n) is 3.50. The van der Waals surface area contributed by atoms with Gasteiger partial charge in [-0.2, -0.15) is 0 Å². The molecule has 2 heterocycles. The summed E-state index contributed by atoms with van der Waals surface area (Å²) >= 11 is 0. The van der Waals surface area contributed by atoms with Crippen molar-refractivity contribution < 1.29 is 18.3 Å². The SMILES string of the molecule is CC(C)CC(=O)NCc1ccc(OC2CCN(Cc3cccc(F)c3F)CC2)nc1. The molecular weight excluding hydrogens is 388 g/mol. The minimum absolute atomic E-state index is 0.0372. The maximum Gasteiger partial charge on any atom is 0.220 e. The highest BCUT2D eigenvalue weighted by Gasteiger charge is 2.22. The van der Waals surface area contributed by atoms with Crippen molar-refractivity contribution in [3.05, 3.63) is 59.3 Å². The van der Waals surface area contributed by atoms with Gasteiger partial charge in [0, 0.05) is 50.4 Å². The lowest BCUT2D eigenvalue weighted by Gasteiger charge is -2.32. The Morgan fingerprint density at radius 1 is 1.23 bits per heavy atom. The summed E-state index contributed by atoms with van der Waals surface area (Å²) in [5.74, 6) is -0.643. The number of halogens is 2. The summed E-state index contributed by atoms with van der Waals surface area (Å²) in [5.41, 5.74) is 1.30. The van der Waals surface area contributed by atoms with Gasteiger partial charge in [-0.15, -0.1) is 0 Å². The quantitative estimate of drug-likeness (QED) is 0.704. The Hall–Kier alpha value is -2.54. The first-order valence-electron chi connectivity index (χ1n) is 10.4. The highest BCUT2D eigenvalue weighted by Crippen LogP contribution is 2.20. The van der Waals surface area contributed by atoms with E-state index in [9.17, 15) is 13.6 Å². The second-order valence-corrected chi connectivity index (χ2v) is 8.19. The molecule has 1 aromatic carbocycles. The van der Waals surface area contributed by atoms with Crippen LogP contribution in [0.3, 0.4) is 0 Å². The lowest BCUT2D eigenvalue weighted by atomic mass is 10.1. The molecule has 0 radical (unpaired) electrons. The number of amides is 1. The summed E-state index contributed by atoms with van der Waals surface area (Å²) in [7, 11) is 0. The molecule has 0 aliphatic carbocycles. The third-order valence-corrected chi connectivity index (χ3v) is 5.13. The normalized spacial score (nSPS) is 15.4. The first-order chi connectivity index (χ1) is 14.4. The number of likely N-dealkylation sites (tertiary alicyclic amines) is 1. The Morgan fingerprint density at radius 2 is 2.00 bits per heavy atom. The number of piperidine rings is 1. The van der Waals surface area contributed by atoms with Crippen molar-refractivity contribution in [3.63, 3.8) is 0 Å². The number of benzene rings is 1. The molecule has 0 atom stereocenters. The van der Waals surface area contributed by atoms with E-state index in [0.717, 1.165) is 37.6 Å². The molecule has 1 aliphatic rings. The van der Waals surface area contributed by atoms with Gasteiger partial charge < -0.3 is 10.1 Å². The molecule has 5 nitrogen and oxygen atoms in total. The molecule has 7 heteroatoms. The molecule has 3 rings (SSSR count). The van der Waals surface area contributed by atoms with Crippen LogP contribution in [-0.4, -0.2) is 35.0 Å². The average Bonchev–Trinajstić information content (AvgIpc) is 2.72. The number of hydrogen-bond acceptors (Lipinski definition) is 4. The zero-order valence-corrected chi connectivity index (χ0v) is 17.5. The largest absolute Gasteiger partial charge is 0.474 e. The van der Waals surface area contributed by atoms with Crippen molar-refractivity contribution in [2.75, 3.05) is 13.1 Å². The number of rotatable bonds is 8. The van der Waals surface area contributed by atoms with Gasteiger partial charge in [-0.1, -0.05) is 32.0 Å². The summed E-state index contributed by atoms with van der Waals surface area (Å²) in [6.07, 6.45) is 3.87. The van der Waals surface area contributed by atoms with Crippen LogP contribution in [-0.2, 0) is 17.9 Å². The molecule has 0 spiro atoms. The third kappa shape index (κ3) is 6.49. The van der Waals surface area contributed by atoms with E-state index < -0.39 is 11.6 Å². The van der Waals surface area contributed by atoms with E-state index >= 15 is 0 Å². The fourth-order valence-corrected chi connectivity index (χ4v) is 3.50. The van der Waals surface area contributed by atoms with Gasteiger partial charge in [0.05, 0.1) is 0 Å². The van der Waals surface area contributed by atoms with Crippen LogP contribution in [0.2, 0.25) is 0 Å². The summed E-state index contributed by atoms with van der Waals surface area (Å²) in [5, 5.41) is 2.89. The van der Waals surface area contributed by atoms with Crippen LogP contribution in [0.4, 0.5) is 8.78 Å². The van der Waals surface area contributed by atoms with Crippen LogP contribution in [0.1, 0.15) is 44.2 Å². The summed E-state index contributed by atoms with van der Waals surface area (Å²) in [6, 6.07) is 8.02. The molecule has 1 aliphatic heterocycles. The molecule has 30 heavy (non-hydrogen) atoms. The Kier molecular flexibility index (Phi) is 7.74. The van der Waals surface area contributed by atoms with E-state index in [0.29, 0.717) is 36.9 Å². The molecule has 0 saturated carbocycles. The van der Waals surface area contributed by atoms with Gasteiger partial charge in [0.15, 0.2) is 11.6 Å². The third-order valence-electron chi connectivity index (χ3n) is 5.13. The van der Waals surface area contributed by atoms with E-state index in [-0.39, 0.29) is 12.0 Å². The maximum atomic E-state index is 13.9. The van der Waals surface area contributed by atoms with Crippen LogP contribution >= 0.6 is 0 Å². The average molecular weight is 418 g/mol. The fraction of sp³-hybridized carbons (Fsp3) is 0.478. The number of nitrogens with one attached hydrogen (secondary N) is 1. The van der Waals surface area contributed by atoms with E-state index in [1.807, 2.05) is 26.0 Å².